The van der Waals surface area contributed by atoms with Gasteiger partial charge in [-0.3, -0.25) is 14.0 Å². The molecule has 0 aliphatic carbocycles. The maximum Gasteiger partial charge on any atom is 0.328 e. The molecule has 2 N–H and O–H groups in total. The van der Waals surface area contributed by atoms with Crippen molar-refractivity contribution in [2.45, 2.75) is 6.04 Å². The number of furan rings is 1. The van der Waals surface area contributed by atoms with Gasteiger partial charge in [-0.1, -0.05) is 0 Å². The zero-order valence-electron chi connectivity index (χ0n) is 16.6. The molecule has 0 saturated heterocycles. The van der Waals surface area contributed by atoms with Crippen LogP contribution in [0.4, 0.5) is 10.5 Å². The highest BCUT2D eigenvalue weighted by Gasteiger charge is 2.19. The van der Waals surface area contributed by atoms with Crippen molar-refractivity contribution in [2.24, 2.45) is 14.1 Å². The summed E-state index contributed by atoms with van der Waals surface area (Å²) < 4.78 is 13.9. The molecule has 28 heavy (non-hydrogen) atoms. The Morgan fingerprint density at radius 3 is 2.50 bits per heavy atom. The predicted molar refractivity (Wildman–Crippen MR) is 107 cm³/mol. The Hall–Kier alpha value is -3.20. The van der Waals surface area contributed by atoms with E-state index in [1.165, 1.54) is 16.2 Å². The van der Waals surface area contributed by atoms with Gasteiger partial charge in [0.1, 0.15) is 11.5 Å². The number of methoxy groups -OCH3 is 1. The van der Waals surface area contributed by atoms with Gasteiger partial charge in [0.15, 0.2) is 0 Å². The van der Waals surface area contributed by atoms with Gasteiger partial charge in [0.25, 0.3) is 0 Å². The monoisotopic (exact) mass is 387 g/mol. The second-order valence-electron chi connectivity index (χ2n) is 6.77. The SMILES string of the molecule is COc1cc2c(cc1NC(=O)NC[C@@H](c1ccco1)N(C)C)n(C)c(=O)n2C. The van der Waals surface area contributed by atoms with E-state index in [0.717, 1.165) is 11.3 Å². The third-order valence-corrected chi connectivity index (χ3v) is 4.79. The normalized spacial score (nSPS) is 12.4. The second kappa shape index (κ2) is 7.81. The van der Waals surface area contributed by atoms with E-state index in [4.69, 9.17) is 9.15 Å². The third-order valence-electron chi connectivity index (χ3n) is 4.79. The number of hydrogen-bond acceptors (Lipinski definition) is 5. The van der Waals surface area contributed by atoms with E-state index in [2.05, 4.69) is 10.6 Å². The lowest BCUT2D eigenvalue weighted by Gasteiger charge is -2.22. The van der Waals surface area contributed by atoms with Crippen LogP contribution in [0.3, 0.4) is 0 Å². The number of nitrogens with one attached hydrogen (secondary N) is 2. The van der Waals surface area contributed by atoms with Crippen LogP contribution >= 0.6 is 0 Å². The zero-order valence-corrected chi connectivity index (χ0v) is 16.6. The van der Waals surface area contributed by atoms with Crippen molar-refractivity contribution in [1.82, 2.24) is 19.4 Å². The molecule has 1 aromatic carbocycles. The Balaban J connectivity index is 1.79. The van der Waals surface area contributed by atoms with Crippen LogP contribution in [0.5, 0.6) is 5.75 Å². The van der Waals surface area contributed by atoms with E-state index in [-0.39, 0.29) is 17.8 Å². The minimum atomic E-state index is -0.378. The van der Waals surface area contributed by atoms with Gasteiger partial charge in [-0.2, -0.15) is 0 Å². The fraction of sp³-hybridized carbons (Fsp3) is 0.368. The number of amides is 2. The summed E-state index contributed by atoms with van der Waals surface area (Å²) in [6.45, 7) is 0.362. The molecule has 3 aromatic rings. The molecule has 0 radical (unpaired) electrons. The standard InChI is InChI=1S/C19H25N5O4/c1-22(2)15(16-7-6-8-28-16)11-20-18(25)21-12-9-13-14(10-17(12)27-5)24(4)19(26)23(13)3/h6-10,15H,11H2,1-5H3,(H2,20,21,25)/t15-/m0/s1. The summed E-state index contributed by atoms with van der Waals surface area (Å²) in [5, 5.41) is 5.65. The first-order valence-corrected chi connectivity index (χ1v) is 8.81. The van der Waals surface area contributed by atoms with Crippen molar-refractivity contribution in [1.29, 1.82) is 0 Å². The highest BCUT2D eigenvalue weighted by atomic mass is 16.5. The summed E-state index contributed by atoms with van der Waals surface area (Å²) in [5.74, 6) is 1.24. The number of aryl methyl sites for hydroxylation is 2. The predicted octanol–water partition coefficient (Wildman–Crippen LogP) is 1.90. The van der Waals surface area contributed by atoms with Gasteiger partial charge in [-0.05, 0) is 32.3 Å². The molecule has 9 heteroatoms. The first-order valence-electron chi connectivity index (χ1n) is 8.81. The number of benzene rings is 1. The Morgan fingerprint density at radius 1 is 1.25 bits per heavy atom. The molecule has 0 aliphatic heterocycles. The lowest BCUT2D eigenvalue weighted by atomic mass is 10.2. The quantitative estimate of drug-likeness (QED) is 0.674. The molecule has 0 unspecified atom stereocenters. The topological polar surface area (TPSA) is 93.7 Å². The summed E-state index contributed by atoms with van der Waals surface area (Å²) in [4.78, 5) is 26.6. The average molecular weight is 387 g/mol. The number of likely N-dealkylation sites (N-methyl/N-ethyl adjacent to an activating group) is 1. The smallest absolute Gasteiger partial charge is 0.328 e. The van der Waals surface area contributed by atoms with Gasteiger partial charge in [0.2, 0.25) is 0 Å². The Kier molecular flexibility index (Phi) is 5.46. The van der Waals surface area contributed by atoms with Crippen molar-refractivity contribution in [3.05, 3.63) is 46.8 Å². The van der Waals surface area contributed by atoms with Gasteiger partial charge in [-0.15, -0.1) is 0 Å². The average Bonchev–Trinajstić information content (AvgIpc) is 3.26. The number of imidazole rings is 1. The maximum absolute atomic E-state index is 12.5. The molecule has 3 rings (SSSR count). The maximum atomic E-state index is 12.5. The van der Waals surface area contributed by atoms with Crippen molar-refractivity contribution in [3.8, 4) is 5.75 Å². The number of rotatable bonds is 6. The van der Waals surface area contributed by atoms with E-state index < -0.39 is 0 Å². The molecule has 0 saturated carbocycles. The third kappa shape index (κ3) is 3.61. The molecule has 0 spiro atoms. The van der Waals surface area contributed by atoms with Gasteiger partial charge in [0, 0.05) is 26.7 Å². The van der Waals surface area contributed by atoms with E-state index in [0.29, 0.717) is 23.5 Å². The van der Waals surface area contributed by atoms with Gasteiger partial charge in [0.05, 0.1) is 36.1 Å². The fourth-order valence-electron chi connectivity index (χ4n) is 3.17. The van der Waals surface area contributed by atoms with Crippen LogP contribution in [0, 0.1) is 0 Å². The number of urea groups is 1. The molecule has 0 fully saturated rings. The summed E-state index contributed by atoms with van der Waals surface area (Å²) in [6.07, 6.45) is 1.61. The number of ether oxygens (including phenoxy) is 1. The summed E-state index contributed by atoms with van der Waals surface area (Å²) in [5.41, 5.74) is 1.75. The van der Waals surface area contributed by atoms with Crippen molar-refractivity contribution < 1.29 is 13.9 Å². The minimum Gasteiger partial charge on any atom is -0.494 e. The second-order valence-corrected chi connectivity index (χ2v) is 6.77. The molecule has 150 valence electrons. The van der Waals surface area contributed by atoms with E-state index in [1.807, 2.05) is 31.1 Å². The number of aromatic nitrogens is 2. The van der Waals surface area contributed by atoms with Crippen LogP contribution in [0.1, 0.15) is 11.8 Å². The summed E-state index contributed by atoms with van der Waals surface area (Å²) in [7, 11) is 8.73. The number of anilines is 1. The number of carbonyl (C=O) groups is 1. The fourth-order valence-corrected chi connectivity index (χ4v) is 3.17. The van der Waals surface area contributed by atoms with Crippen molar-refractivity contribution in [3.63, 3.8) is 0 Å². The Morgan fingerprint density at radius 2 is 1.93 bits per heavy atom. The first kappa shape index (κ1) is 19.6. The molecular formula is C19H25N5O4. The molecule has 1 atom stereocenters. The number of fused-ring (bicyclic) bond motifs is 1. The molecule has 9 nitrogen and oxygen atoms in total. The van der Waals surface area contributed by atoms with Crippen molar-refractivity contribution in [2.75, 3.05) is 33.1 Å². The van der Waals surface area contributed by atoms with E-state index in [9.17, 15) is 9.59 Å². The van der Waals surface area contributed by atoms with Crippen LogP contribution in [0.2, 0.25) is 0 Å². The minimum absolute atomic E-state index is 0.0972. The molecule has 0 bridgehead atoms. The molecule has 2 amide bonds. The number of hydrogen-bond donors (Lipinski definition) is 2. The molecular weight excluding hydrogens is 362 g/mol. The van der Waals surface area contributed by atoms with Crippen LogP contribution in [0.15, 0.2) is 39.7 Å². The van der Waals surface area contributed by atoms with Crippen LogP contribution in [-0.4, -0.2) is 47.8 Å². The van der Waals surface area contributed by atoms with Gasteiger partial charge >= 0.3 is 11.7 Å². The van der Waals surface area contributed by atoms with Crippen LogP contribution in [0.25, 0.3) is 11.0 Å². The number of carbonyl (C=O) groups excluding carboxylic acids is 1. The highest BCUT2D eigenvalue weighted by molar-refractivity contribution is 5.94. The van der Waals surface area contributed by atoms with Gasteiger partial charge in [-0.25, -0.2) is 9.59 Å². The number of nitrogens with zero attached hydrogens (tertiary/aromatic N) is 3. The van der Waals surface area contributed by atoms with Crippen molar-refractivity contribution >= 4 is 22.8 Å². The highest BCUT2D eigenvalue weighted by Crippen LogP contribution is 2.29. The first-order chi connectivity index (χ1) is 13.3. The Labute approximate surface area is 162 Å². The lowest BCUT2D eigenvalue weighted by Crippen LogP contribution is -2.36. The van der Waals surface area contributed by atoms with Gasteiger partial charge < -0.3 is 19.8 Å². The largest absolute Gasteiger partial charge is 0.494 e. The molecule has 2 heterocycles. The Bertz CT molecular complexity index is 1030. The van der Waals surface area contributed by atoms with Crippen LogP contribution < -0.4 is 21.1 Å². The van der Waals surface area contributed by atoms with E-state index in [1.54, 1.807) is 32.5 Å². The zero-order chi connectivity index (χ0) is 20.4. The summed E-state index contributed by atoms with van der Waals surface area (Å²) >= 11 is 0. The van der Waals surface area contributed by atoms with E-state index >= 15 is 0 Å². The lowest BCUT2D eigenvalue weighted by molar-refractivity contribution is 0.233. The molecule has 0 aliphatic rings. The summed E-state index contributed by atoms with van der Waals surface area (Å²) in [6, 6.07) is 6.67. The van der Waals surface area contributed by atoms with Crippen LogP contribution in [-0.2, 0) is 14.1 Å². The molecule has 2 aromatic heterocycles.